The summed E-state index contributed by atoms with van der Waals surface area (Å²) in [5, 5.41) is 4.19. The maximum Gasteiger partial charge on any atom is 0.160 e. The molecule has 3 nitrogen and oxygen atoms in total. The van der Waals surface area contributed by atoms with Gasteiger partial charge >= 0.3 is 0 Å². The minimum atomic E-state index is -0.916. The van der Waals surface area contributed by atoms with Gasteiger partial charge in [0.05, 0.1) is 16.8 Å². The van der Waals surface area contributed by atoms with E-state index in [1.807, 2.05) is 54.6 Å². The van der Waals surface area contributed by atoms with Crippen LogP contribution >= 0.6 is 0 Å². The van der Waals surface area contributed by atoms with Crippen LogP contribution in [0.3, 0.4) is 0 Å². The fourth-order valence-corrected chi connectivity index (χ4v) is 13.1. The van der Waals surface area contributed by atoms with Crippen molar-refractivity contribution in [2.75, 3.05) is 9.80 Å². The third kappa shape index (κ3) is 8.60. The van der Waals surface area contributed by atoms with Gasteiger partial charge in [-0.2, -0.15) is 0 Å². The molecule has 5 heteroatoms. The number of benzene rings is 12. The molecule has 0 amide bonds. The summed E-state index contributed by atoms with van der Waals surface area (Å²) in [7, 11) is 0. The molecule has 408 valence electrons. The van der Waals surface area contributed by atoms with E-state index in [0.717, 1.165) is 111 Å². The van der Waals surface area contributed by atoms with Crippen molar-refractivity contribution in [1.82, 2.24) is 0 Å². The Morgan fingerprint density at radius 2 is 0.738 bits per heavy atom. The standard InChI is InChI=1S/C79H62F2N2O/c1-77(2,3)53-37-45-59(46-38-53)82(57-41-33-51(34-42-57)61-25-15-18-30-68(61)80)70-49-66-73(64-28-14-13-27-63(64)70)75-67(79(66,55-21-9-7-10-22-55)56-23-11-8-12-24-56)50-71(76-74(75)65-29-17-20-32-72(65)84-76)83(60-47-39-54(40-48-60)78(4,5)6)58-43-35-52(36-44-58)62-26-16-19-31-69(62)81/h7-50H,1-6H3. The Kier molecular flexibility index (Phi) is 12.6. The van der Waals surface area contributed by atoms with E-state index in [1.165, 1.54) is 23.3 Å². The fraction of sp³-hybridized carbons (Fsp3) is 0.114. The molecular weight excluding hydrogens is 1030 g/mol. The molecule has 84 heavy (non-hydrogen) atoms. The number of fused-ring (bicyclic) bond motifs is 9. The van der Waals surface area contributed by atoms with Crippen molar-refractivity contribution >= 4 is 66.8 Å². The zero-order chi connectivity index (χ0) is 57.5. The van der Waals surface area contributed by atoms with Gasteiger partial charge in [-0.25, -0.2) is 8.78 Å². The Bertz CT molecular complexity index is 4570. The summed E-state index contributed by atoms with van der Waals surface area (Å²) in [6.07, 6.45) is 0. The summed E-state index contributed by atoms with van der Waals surface area (Å²) < 4.78 is 38.3. The summed E-state index contributed by atoms with van der Waals surface area (Å²) in [5.41, 5.74) is 17.9. The summed E-state index contributed by atoms with van der Waals surface area (Å²) in [6, 6.07) is 92.5. The molecule has 0 saturated heterocycles. The maximum absolute atomic E-state index is 15.5. The second kappa shape index (κ2) is 20.2. The Morgan fingerprint density at radius 3 is 1.21 bits per heavy atom. The number of rotatable bonds is 10. The first-order chi connectivity index (χ1) is 40.8. The van der Waals surface area contributed by atoms with Crippen molar-refractivity contribution < 1.29 is 13.2 Å². The highest BCUT2D eigenvalue weighted by atomic mass is 19.1. The highest BCUT2D eigenvalue weighted by molar-refractivity contribution is 6.23. The van der Waals surface area contributed by atoms with E-state index in [2.05, 4.69) is 239 Å². The van der Waals surface area contributed by atoms with Crippen molar-refractivity contribution in [3.05, 3.63) is 312 Å². The van der Waals surface area contributed by atoms with Gasteiger partial charge in [0.1, 0.15) is 17.2 Å². The highest BCUT2D eigenvalue weighted by Gasteiger charge is 2.49. The Hall–Kier alpha value is -9.84. The number of para-hydroxylation sites is 1. The molecule has 1 aliphatic rings. The Labute approximate surface area is 490 Å². The quantitative estimate of drug-likeness (QED) is 0.136. The van der Waals surface area contributed by atoms with Gasteiger partial charge in [0.2, 0.25) is 0 Å². The minimum Gasteiger partial charge on any atom is -0.454 e. The Morgan fingerprint density at radius 1 is 0.357 bits per heavy atom. The van der Waals surface area contributed by atoms with Gasteiger partial charge in [-0.05, 0) is 151 Å². The third-order valence-electron chi connectivity index (χ3n) is 17.2. The predicted molar refractivity (Wildman–Crippen MR) is 346 cm³/mol. The lowest BCUT2D eigenvalue weighted by molar-refractivity contribution is 0.590. The van der Waals surface area contributed by atoms with Crippen LogP contribution in [-0.2, 0) is 16.2 Å². The molecular formula is C79H62F2N2O. The van der Waals surface area contributed by atoms with Gasteiger partial charge in [-0.15, -0.1) is 0 Å². The molecule has 0 bridgehead atoms. The van der Waals surface area contributed by atoms with Crippen LogP contribution in [0.1, 0.15) is 74.9 Å². The summed E-state index contributed by atoms with van der Waals surface area (Å²) in [4.78, 5) is 4.70. The SMILES string of the molecule is CC(C)(C)c1ccc(N(c2ccc(-c3ccccc3F)cc2)c2cc3c(c4ccccc24)-c2c(cc(N(c4ccc(-c5ccccc5F)cc4)c4ccc(C(C)(C)C)cc4)c4oc5ccccc5c24)C3(c2ccccc2)c2ccccc2)cc1. The van der Waals surface area contributed by atoms with Gasteiger partial charge < -0.3 is 14.2 Å². The van der Waals surface area contributed by atoms with E-state index in [4.69, 9.17) is 4.42 Å². The molecule has 0 unspecified atom stereocenters. The molecule has 14 rings (SSSR count). The normalized spacial score (nSPS) is 12.9. The number of furan rings is 1. The molecule has 1 aromatic heterocycles. The molecule has 13 aromatic rings. The van der Waals surface area contributed by atoms with Crippen LogP contribution in [0.4, 0.5) is 42.9 Å². The zero-order valence-electron chi connectivity index (χ0n) is 48.0. The molecule has 0 saturated carbocycles. The summed E-state index contributed by atoms with van der Waals surface area (Å²) in [5.74, 6) is -0.529. The second-order valence-corrected chi connectivity index (χ2v) is 24.3. The van der Waals surface area contributed by atoms with E-state index >= 15 is 8.78 Å². The zero-order valence-corrected chi connectivity index (χ0v) is 48.0. The molecule has 12 aromatic carbocycles. The molecule has 0 radical (unpaired) electrons. The van der Waals surface area contributed by atoms with Crippen molar-refractivity contribution in [2.24, 2.45) is 0 Å². The van der Waals surface area contributed by atoms with E-state index < -0.39 is 5.41 Å². The van der Waals surface area contributed by atoms with Crippen LogP contribution in [0, 0.1) is 11.6 Å². The molecule has 0 N–H and O–H groups in total. The van der Waals surface area contributed by atoms with Crippen molar-refractivity contribution in [2.45, 2.75) is 57.8 Å². The molecule has 0 aliphatic heterocycles. The number of halogens is 2. The lowest BCUT2D eigenvalue weighted by Gasteiger charge is -2.36. The van der Waals surface area contributed by atoms with E-state index in [1.54, 1.807) is 12.1 Å². The lowest BCUT2D eigenvalue weighted by Crippen LogP contribution is -2.29. The first-order valence-electron chi connectivity index (χ1n) is 28.9. The minimum absolute atomic E-state index is 0.0697. The maximum atomic E-state index is 15.5. The molecule has 0 spiro atoms. The van der Waals surface area contributed by atoms with Crippen LogP contribution in [0.25, 0.3) is 66.1 Å². The van der Waals surface area contributed by atoms with Crippen LogP contribution in [0.2, 0.25) is 0 Å². The van der Waals surface area contributed by atoms with Crippen LogP contribution < -0.4 is 9.80 Å². The van der Waals surface area contributed by atoms with Crippen LogP contribution in [0.5, 0.6) is 0 Å². The number of hydrogen-bond donors (Lipinski definition) is 0. The van der Waals surface area contributed by atoms with E-state index in [0.29, 0.717) is 11.1 Å². The largest absolute Gasteiger partial charge is 0.454 e. The Balaban J connectivity index is 1.11. The first kappa shape index (κ1) is 52.2. The average molecular weight is 1090 g/mol. The van der Waals surface area contributed by atoms with E-state index in [9.17, 15) is 0 Å². The first-order valence-corrected chi connectivity index (χ1v) is 28.9. The predicted octanol–water partition coefficient (Wildman–Crippen LogP) is 22.2. The molecule has 0 fully saturated rings. The monoisotopic (exact) mass is 1090 g/mol. The van der Waals surface area contributed by atoms with Gasteiger partial charge in [0.25, 0.3) is 0 Å². The third-order valence-corrected chi connectivity index (χ3v) is 17.2. The highest BCUT2D eigenvalue weighted by Crippen LogP contribution is 2.64. The fourth-order valence-electron chi connectivity index (χ4n) is 13.1. The second-order valence-electron chi connectivity index (χ2n) is 24.3. The lowest BCUT2D eigenvalue weighted by atomic mass is 9.67. The van der Waals surface area contributed by atoms with Gasteiger partial charge in [-0.3, -0.25) is 0 Å². The molecule has 0 atom stereocenters. The van der Waals surface area contributed by atoms with E-state index in [-0.39, 0.29) is 22.5 Å². The number of anilines is 6. The van der Waals surface area contributed by atoms with Gasteiger partial charge in [-0.1, -0.05) is 230 Å². The molecule has 1 aliphatic carbocycles. The molecule has 1 heterocycles. The number of hydrogen-bond acceptors (Lipinski definition) is 3. The smallest absolute Gasteiger partial charge is 0.160 e. The van der Waals surface area contributed by atoms with Gasteiger partial charge in [0.15, 0.2) is 5.58 Å². The number of nitrogens with zero attached hydrogens (tertiary/aromatic N) is 2. The van der Waals surface area contributed by atoms with Crippen molar-refractivity contribution in [3.63, 3.8) is 0 Å². The van der Waals surface area contributed by atoms with Gasteiger partial charge in [0, 0.05) is 50.0 Å². The summed E-state index contributed by atoms with van der Waals surface area (Å²) >= 11 is 0. The topological polar surface area (TPSA) is 19.6 Å². The van der Waals surface area contributed by atoms with Crippen molar-refractivity contribution in [1.29, 1.82) is 0 Å². The van der Waals surface area contributed by atoms with Crippen molar-refractivity contribution in [3.8, 4) is 33.4 Å². The average Bonchev–Trinajstić information content (AvgIpc) is 1.61. The van der Waals surface area contributed by atoms with Crippen LogP contribution in [-0.4, -0.2) is 0 Å². The summed E-state index contributed by atoms with van der Waals surface area (Å²) in [6.45, 7) is 13.5. The van der Waals surface area contributed by atoms with Crippen LogP contribution in [0.15, 0.2) is 271 Å².